The van der Waals surface area contributed by atoms with Crippen LogP contribution in [0.3, 0.4) is 0 Å². The Balaban J connectivity index is 2.46. The molecule has 2 N–H and O–H groups in total. The number of fused-ring (bicyclic) bond motifs is 2. The fourth-order valence-electron chi connectivity index (χ4n) is 8.00. The van der Waals surface area contributed by atoms with Crippen molar-refractivity contribution in [3.8, 4) is 11.5 Å². The minimum atomic E-state index is -1.66. The standard InChI is InChI=1S/C45H60O7/c1-28(2)14-12-16-32(9)17-19-35-27-44(24-21-30(5)6)40(49)38(39(48)34-18-20-36(47)37(26-34)52-33(10)46)41(50)45(42(44)51,25-22-31(7)8)43(35,11)23-13-15-29(3)4/h14-15,17-18,20-22,26,35,47-48H,12-13,16,19,23-25,27H2,1-11H3/b32-17+,39-38?/t35-,43+,44+,45-/m1/s1. The lowest BCUT2D eigenvalue weighted by Gasteiger charge is -2.61. The third-order valence-corrected chi connectivity index (χ3v) is 11.0. The fourth-order valence-corrected chi connectivity index (χ4v) is 8.00. The van der Waals surface area contributed by atoms with Gasteiger partial charge in [-0.25, -0.2) is 0 Å². The third kappa shape index (κ3) is 8.67. The van der Waals surface area contributed by atoms with Crippen LogP contribution in [0.2, 0.25) is 0 Å². The summed E-state index contributed by atoms with van der Waals surface area (Å²) >= 11 is 0. The number of esters is 1. The van der Waals surface area contributed by atoms with E-state index in [0.717, 1.165) is 29.6 Å². The van der Waals surface area contributed by atoms with E-state index in [2.05, 4.69) is 39.0 Å². The van der Waals surface area contributed by atoms with E-state index in [1.807, 2.05) is 60.6 Å². The van der Waals surface area contributed by atoms with Gasteiger partial charge in [-0.1, -0.05) is 65.2 Å². The molecule has 282 valence electrons. The van der Waals surface area contributed by atoms with E-state index in [0.29, 0.717) is 19.3 Å². The molecule has 0 aromatic heterocycles. The number of Topliss-reactive ketones (excluding diaryl/α,β-unsaturated/α-hetero) is 3. The first-order chi connectivity index (χ1) is 24.2. The molecule has 7 heteroatoms. The predicted octanol–water partition coefficient (Wildman–Crippen LogP) is 10.8. The van der Waals surface area contributed by atoms with Crippen molar-refractivity contribution in [3.63, 3.8) is 0 Å². The number of hydrogen-bond acceptors (Lipinski definition) is 7. The van der Waals surface area contributed by atoms with Crippen LogP contribution < -0.4 is 4.74 Å². The van der Waals surface area contributed by atoms with Gasteiger partial charge in [0.25, 0.3) is 0 Å². The highest BCUT2D eigenvalue weighted by Gasteiger charge is 2.74. The number of hydrogen-bond donors (Lipinski definition) is 2. The van der Waals surface area contributed by atoms with Gasteiger partial charge in [0.15, 0.2) is 28.8 Å². The maximum absolute atomic E-state index is 15.5. The molecular weight excluding hydrogens is 652 g/mol. The highest BCUT2D eigenvalue weighted by atomic mass is 16.5. The molecule has 0 saturated heterocycles. The van der Waals surface area contributed by atoms with Gasteiger partial charge < -0.3 is 14.9 Å². The van der Waals surface area contributed by atoms with Crippen molar-refractivity contribution >= 4 is 29.1 Å². The number of phenolic OH excluding ortho intramolecular Hbond substituents is 1. The zero-order valence-corrected chi connectivity index (χ0v) is 33.3. The van der Waals surface area contributed by atoms with Crippen LogP contribution in [0.1, 0.15) is 133 Å². The van der Waals surface area contributed by atoms with Crippen molar-refractivity contribution in [2.45, 2.75) is 128 Å². The molecule has 7 nitrogen and oxygen atoms in total. The largest absolute Gasteiger partial charge is 0.506 e. The highest BCUT2D eigenvalue weighted by molar-refractivity contribution is 6.41. The van der Waals surface area contributed by atoms with Crippen LogP contribution in [0.5, 0.6) is 11.5 Å². The first-order valence-electron chi connectivity index (χ1n) is 18.5. The minimum Gasteiger partial charge on any atom is -0.506 e. The zero-order chi connectivity index (χ0) is 39.2. The first-order valence-corrected chi connectivity index (χ1v) is 18.5. The van der Waals surface area contributed by atoms with Gasteiger partial charge in [0.2, 0.25) is 0 Å². The van der Waals surface area contributed by atoms with E-state index in [1.54, 1.807) is 0 Å². The summed E-state index contributed by atoms with van der Waals surface area (Å²) in [4.78, 5) is 57.8. The number of aliphatic hydroxyl groups excluding tert-OH is 1. The number of phenols is 1. The van der Waals surface area contributed by atoms with Crippen LogP contribution >= 0.6 is 0 Å². The molecule has 2 fully saturated rings. The van der Waals surface area contributed by atoms with Gasteiger partial charge in [0.1, 0.15) is 16.7 Å². The van der Waals surface area contributed by atoms with Crippen LogP contribution in [0.4, 0.5) is 0 Å². The smallest absolute Gasteiger partial charge is 0.308 e. The Hall–Kier alpha value is -4.26. The maximum Gasteiger partial charge on any atom is 0.308 e. The third-order valence-electron chi connectivity index (χ3n) is 11.0. The van der Waals surface area contributed by atoms with Crippen molar-refractivity contribution in [2.24, 2.45) is 22.2 Å². The number of aromatic hydroxyl groups is 1. The van der Waals surface area contributed by atoms with Gasteiger partial charge in [0, 0.05) is 12.5 Å². The Kier molecular flexibility index (Phi) is 13.8. The number of rotatable bonds is 14. The van der Waals surface area contributed by atoms with Crippen LogP contribution in [0.15, 0.2) is 82.0 Å². The fraction of sp³-hybridized carbons (Fsp3) is 0.511. The molecule has 0 amide bonds. The van der Waals surface area contributed by atoms with E-state index in [-0.39, 0.29) is 48.0 Å². The van der Waals surface area contributed by atoms with Crippen molar-refractivity contribution in [2.75, 3.05) is 0 Å². The van der Waals surface area contributed by atoms with E-state index >= 15 is 14.4 Å². The minimum absolute atomic E-state index is 0.0191. The molecule has 0 unspecified atom stereocenters. The van der Waals surface area contributed by atoms with Gasteiger partial charge in [-0.2, -0.15) is 0 Å². The number of allylic oxidation sites excluding steroid dienone is 11. The van der Waals surface area contributed by atoms with Gasteiger partial charge in [-0.05, 0) is 143 Å². The second-order valence-corrected chi connectivity index (χ2v) is 16.2. The Morgan fingerprint density at radius 2 is 1.38 bits per heavy atom. The summed E-state index contributed by atoms with van der Waals surface area (Å²) in [5, 5.41) is 22.4. The average Bonchev–Trinajstić information content (AvgIpc) is 3.04. The molecule has 2 aliphatic carbocycles. The molecule has 3 rings (SSSR count). The number of ether oxygens (including phenoxy) is 1. The molecule has 0 radical (unpaired) electrons. The quantitative estimate of drug-likeness (QED) is 0.0375. The Morgan fingerprint density at radius 3 is 1.96 bits per heavy atom. The Morgan fingerprint density at radius 1 is 0.808 bits per heavy atom. The Labute approximate surface area is 311 Å². The van der Waals surface area contributed by atoms with E-state index < -0.39 is 45.1 Å². The lowest BCUT2D eigenvalue weighted by molar-refractivity contribution is -0.178. The number of aliphatic hydroxyl groups is 1. The van der Waals surface area contributed by atoms with Gasteiger partial charge >= 0.3 is 5.97 Å². The monoisotopic (exact) mass is 712 g/mol. The number of benzene rings is 1. The molecule has 2 bridgehead atoms. The molecule has 2 saturated carbocycles. The highest BCUT2D eigenvalue weighted by Crippen LogP contribution is 2.67. The molecule has 0 heterocycles. The first kappa shape index (κ1) is 42.2. The number of carbonyl (C=O) groups is 4. The summed E-state index contributed by atoms with van der Waals surface area (Å²) in [6, 6.07) is 3.83. The molecule has 2 aliphatic rings. The summed E-state index contributed by atoms with van der Waals surface area (Å²) < 4.78 is 5.15. The number of ketones is 3. The van der Waals surface area contributed by atoms with E-state index in [9.17, 15) is 15.0 Å². The lowest BCUT2D eigenvalue weighted by Crippen LogP contribution is -2.70. The SMILES string of the molecule is CC(=O)Oc1cc(C(O)=C2C(=O)[C@]3(CC=C(C)C)C[C@@H](C/C=C(\C)CCC=C(C)C)[C@](C)(CCC=C(C)C)[C@](CC=C(C)C)(C2=O)C3=O)ccc1O. The average molecular weight is 713 g/mol. The number of carbonyl (C=O) groups excluding carboxylic acids is 4. The molecule has 0 spiro atoms. The Bertz CT molecular complexity index is 1760. The summed E-state index contributed by atoms with van der Waals surface area (Å²) in [5.74, 6) is -3.79. The zero-order valence-electron chi connectivity index (χ0n) is 33.3. The van der Waals surface area contributed by atoms with Crippen molar-refractivity contribution in [1.82, 2.24) is 0 Å². The summed E-state index contributed by atoms with van der Waals surface area (Å²) in [6.07, 6.45) is 14.4. The van der Waals surface area contributed by atoms with Crippen molar-refractivity contribution < 1.29 is 34.1 Å². The van der Waals surface area contributed by atoms with E-state index in [4.69, 9.17) is 4.74 Å². The van der Waals surface area contributed by atoms with Gasteiger partial charge in [-0.15, -0.1) is 0 Å². The van der Waals surface area contributed by atoms with Crippen molar-refractivity contribution in [1.29, 1.82) is 0 Å². The topological polar surface area (TPSA) is 118 Å². The molecule has 52 heavy (non-hydrogen) atoms. The molecule has 1 aromatic carbocycles. The van der Waals surface area contributed by atoms with Crippen LogP contribution in [-0.4, -0.2) is 33.5 Å². The second-order valence-electron chi connectivity index (χ2n) is 16.2. The van der Waals surface area contributed by atoms with Crippen LogP contribution in [-0.2, 0) is 19.2 Å². The molecule has 4 atom stereocenters. The van der Waals surface area contributed by atoms with Gasteiger partial charge in [-0.3, -0.25) is 19.2 Å². The summed E-state index contributed by atoms with van der Waals surface area (Å²) in [5.41, 5.74) is 0.943. The van der Waals surface area contributed by atoms with Gasteiger partial charge in [0.05, 0.1) is 5.41 Å². The van der Waals surface area contributed by atoms with Crippen molar-refractivity contribution in [3.05, 3.63) is 87.6 Å². The molecule has 0 aliphatic heterocycles. The molecule has 1 aromatic rings. The molecular formula is C45H60O7. The summed E-state index contributed by atoms with van der Waals surface area (Å²) in [6.45, 7) is 21.3. The lowest BCUT2D eigenvalue weighted by atomic mass is 9.37. The maximum atomic E-state index is 15.5. The summed E-state index contributed by atoms with van der Waals surface area (Å²) in [7, 11) is 0. The normalized spacial score (nSPS) is 25.2. The van der Waals surface area contributed by atoms with Crippen LogP contribution in [0.25, 0.3) is 5.76 Å². The second kappa shape index (κ2) is 17.0. The van der Waals surface area contributed by atoms with Crippen LogP contribution in [0, 0.1) is 22.2 Å². The predicted molar refractivity (Wildman–Crippen MR) is 209 cm³/mol. The van der Waals surface area contributed by atoms with E-state index in [1.165, 1.54) is 36.3 Å².